The number of primary amides is 1. The minimum Gasteiger partial charge on any atom is -0.364 e. The fraction of sp³-hybridized carbons (Fsp3) is 0.688. The summed E-state index contributed by atoms with van der Waals surface area (Å²) in [6.45, 7) is 2.72. The van der Waals surface area contributed by atoms with Gasteiger partial charge in [0.2, 0.25) is 10.0 Å². The van der Waals surface area contributed by atoms with Crippen LogP contribution in [0.4, 0.5) is 0 Å². The number of carbonyl (C=O) groups is 1. The molecule has 1 aromatic rings. The summed E-state index contributed by atoms with van der Waals surface area (Å²) in [7, 11) is -1.96. The summed E-state index contributed by atoms with van der Waals surface area (Å²) >= 11 is 0. The summed E-state index contributed by atoms with van der Waals surface area (Å²) in [6, 6.07) is 1.48. The molecule has 1 aromatic heterocycles. The predicted octanol–water partition coefficient (Wildman–Crippen LogP) is 1.71. The minimum absolute atomic E-state index is 0.0831. The zero-order valence-corrected chi connectivity index (χ0v) is 14.6. The fourth-order valence-electron chi connectivity index (χ4n) is 4.34. The van der Waals surface area contributed by atoms with Crippen LogP contribution in [-0.4, -0.2) is 35.8 Å². The predicted molar refractivity (Wildman–Crippen MR) is 87.3 cm³/mol. The molecule has 0 unspecified atom stereocenters. The number of piperidine rings is 1. The first-order chi connectivity index (χ1) is 10.8. The number of aryl methyl sites for hydroxylation is 1. The highest BCUT2D eigenvalue weighted by Crippen LogP contribution is 2.41. The molecule has 1 aliphatic heterocycles. The van der Waals surface area contributed by atoms with Crippen LogP contribution in [0.25, 0.3) is 0 Å². The van der Waals surface area contributed by atoms with Crippen molar-refractivity contribution in [3.63, 3.8) is 0 Å². The van der Waals surface area contributed by atoms with Gasteiger partial charge in [0.1, 0.15) is 10.6 Å². The van der Waals surface area contributed by atoms with Crippen molar-refractivity contribution in [2.24, 2.45) is 24.6 Å². The molecule has 0 bridgehead atoms. The number of amides is 1. The molecule has 3 atom stereocenters. The van der Waals surface area contributed by atoms with Gasteiger partial charge in [-0.3, -0.25) is 4.79 Å². The van der Waals surface area contributed by atoms with Crippen molar-refractivity contribution in [3.05, 3.63) is 18.0 Å². The second kappa shape index (κ2) is 5.94. The highest BCUT2D eigenvalue weighted by molar-refractivity contribution is 7.89. The Morgan fingerprint density at radius 2 is 1.96 bits per heavy atom. The van der Waals surface area contributed by atoms with Gasteiger partial charge >= 0.3 is 0 Å². The van der Waals surface area contributed by atoms with E-state index in [1.165, 1.54) is 23.3 Å². The maximum Gasteiger partial charge on any atom is 0.265 e. The third kappa shape index (κ3) is 2.80. The number of rotatable bonds is 3. The van der Waals surface area contributed by atoms with Crippen LogP contribution in [0.3, 0.4) is 0 Å². The van der Waals surface area contributed by atoms with E-state index in [0.29, 0.717) is 18.4 Å². The summed E-state index contributed by atoms with van der Waals surface area (Å²) in [5.74, 6) is 0.223. The second-order valence-electron chi connectivity index (χ2n) is 6.95. The minimum atomic E-state index is -3.60. The number of aromatic nitrogens is 1. The Hall–Kier alpha value is -1.34. The van der Waals surface area contributed by atoms with Gasteiger partial charge in [-0.1, -0.05) is 13.3 Å². The zero-order chi connectivity index (χ0) is 16.8. The molecule has 0 radical (unpaired) electrons. The van der Waals surface area contributed by atoms with E-state index in [9.17, 15) is 13.2 Å². The van der Waals surface area contributed by atoms with Gasteiger partial charge in [0.05, 0.1) is 0 Å². The number of nitrogens with zero attached hydrogens (tertiary/aromatic N) is 2. The van der Waals surface area contributed by atoms with Crippen molar-refractivity contribution in [2.45, 2.75) is 50.0 Å². The molecule has 1 aliphatic carbocycles. The second-order valence-corrected chi connectivity index (χ2v) is 8.84. The molecule has 23 heavy (non-hydrogen) atoms. The van der Waals surface area contributed by atoms with Gasteiger partial charge in [0.15, 0.2) is 0 Å². The first kappa shape index (κ1) is 16.5. The Kier molecular flexibility index (Phi) is 4.27. The number of hydrogen-bond donors (Lipinski definition) is 1. The normalized spacial score (nSPS) is 29.2. The van der Waals surface area contributed by atoms with Gasteiger partial charge < -0.3 is 10.3 Å². The van der Waals surface area contributed by atoms with E-state index >= 15 is 0 Å². The molecule has 0 aromatic carbocycles. The van der Waals surface area contributed by atoms with Crippen LogP contribution >= 0.6 is 0 Å². The van der Waals surface area contributed by atoms with Crippen LogP contribution in [0.2, 0.25) is 0 Å². The van der Waals surface area contributed by atoms with E-state index in [1.54, 1.807) is 11.4 Å². The SMILES string of the molecule is C[C@@H]1CCC[C@@H]2CCCN(S(=O)(=O)c3cc(C(N)=O)n(C)c3)[C@H]21. The van der Waals surface area contributed by atoms with Crippen LogP contribution < -0.4 is 5.73 Å². The van der Waals surface area contributed by atoms with Crippen LogP contribution in [0.1, 0.15) is 49.5 Å². The first-order valence-corrected chi connectivity index (χ1v) is 9.74. The first-order valence-electron chi connectivity index (χ1n) is 8.30. The Balaban J connectivity index is 1.98. The molecule has 128 valence electrons. The summed E-state index contributed by atoms with van der Waals surface area (Å²) in [5, 5.41) is 0. The van der Waals surface area contributed by atoms with Gasteiger partial charge in [-0.25, -0.2) is 8.42 Å². The maximum atomic E-state index is 13.1. The van der Waals surface area contributed by atoms with E-state index in [2.05, 4.69) is 6.92 Å². The van der Waals surface area contributed by atoms with Gasteiger partial charge in [0.25, 0.3) is 5.91 Å². The fourth-order valence-corrected chi connectivity index (χ4v) is 6.23. The lowest BCUT2D eigenvalue weighted by atomic mass is 9.74. The number of nitrogens with two attached hydrogens (primary N) is 1. The number of sulfonamides is 1. The van der Waals surface area contributed by atoms with Gasteiger partial charge in [-0.05, 0) is 43.6 Å². The van der Waals surface area contributed by atoms with E-state index in [0.717, 1.165) is 25.7 Å². The highest BCUT2D eigenvalue weighted by atomic mass is 32.2. The summed E-state index contributed by atoms with van der Waals surface area (Å²) in [5.41, 5.74) is 5.53. The van der Waals surface area contributed by atoms with Gasteiger partial charge in [0, 0.05) is 25.8 Å². The lowest BCUT2D eigenvalue weighted by molar-refractivity contribution is 0.0844. The topological polar surface area (TPSA) is 85.4 Å². The lowest BCUT2D eigenvalue weighted by Crippen LogP contribution is -2.52. The number of carbonyl (C=O) groups excluding carboxylic acids is 1. The van der Waals surface area contributed by atoms with Crippen LogP contribution in [-0.2, 0) is 17.1 Å². The van der Waals surface area contributed by atoms with E-state index < -0.39 is 15.9 Å². The van der Waals surface area contributed by atoms with Crippen LogP contribution in [0.5, 0.6) is 0 Å². The van der Waals surface area contributed by atoms with Crippen molar-refractivity contribution >= 4 is 15.9 Å². The molecule has 0 spiro atoms. The highest BCUT2D eigenvalue weighted by Gasteiger charge is 2.43. The molecular weight excluding hydrogens is 314 g/mol. The Morgan fingerprint density at radius 3 is 2.61 bits per heavy atom. The molecule has 3 rings (SSSR count). The van der Waals surface area contributed by atoms with E-state index in [1.807, 2.05) is 0 Å². The van der Waals surface area contributed by atoms with Crippen molar-refractivity contribution in [3.8, 4) is 0 Å². The Morgan fingerprint density at radius 1 is 1.26 bits per heavy atom. The molecule has 6 nitrogen and oxygen atoms in total. The Labute approximate surface area is 137 Å². The molecule has 1 saturated heterocycles. The Bertz CT molecular complexity index is 708. The summed E-state index contributed by atoms with van der Waals surface area (Å²) in [4.78, 5) is 11.6. The standard InChI is InChI=1S/C16H25N3O3S/c1-11-5-3-6-12-7-4-8-19(15(11)12)23(21,22)13-9-14(16(17)20)18(2)10-13/h9-12,15H,3-8H2,1-2H3,(H2,17,20)/t11-,12-,15+/m1/s1. The van der Waals surface area contributed by atoms with Crippen LogP contribution in [0.15, 0.2) is 17.2 Å². The molecule has 1 amide bonds. The summed E-state index contributed by atoms with van der Waals surface area (Å²) in [6.07, 6.45) is 6.89. The van der Waals surface area contributed by atoms with Crippen molar-refractivity contribution < 1.29 is 13.2 Å². The third-order valence-corrected chi connectivity index (χ3v) is 7.29. The molecule has 1 saturated carbocycles. The molecule has 2 N–H and O–H groups in total. The maximum absolute atomic E-state index is 13.1. The van der Waals surface area contributed by atoms with Crippen molar-refractivity contribution in [1.82, 2.24) is 8.87 Å². The largest absolute Gasteiger partial charge is 0.364 e. The average Bonchev–Trinajstić information content (AvgIpc) is 2.90. The van der Waals surface area contributed by atoms with E-state index in [-0.39, 0.29) is 16.6 Å². The van der Waals surface area contributed by atoms with Gasteiger partial charge in [-0.2, -0.15) is 4.31 Å². The zero-order valence-electron chi connectivity index (χ0n) is 13.7. The van der Waals surface area contributed by atoms with Crippen molar-refractivity contribution in [2.75, 3.05) is 6.54 Å². The third-order valence-electron chi connectivity index (χ3n) is 5.43. The molecule has 2 aliphatic rings. The number of fused-ring (bicyclic) bond motifs is 1. The lowest BCUT2D eigenvalue weighted by Gasteiger charge is -2.46. The summed E-state index contributed by atoms with van der Waals surface area (Å²) < 4.78 is 29.4. The molecule has 2 fully saturated rings. The monoisotopic (exact) mass is 339 g/mol. The molecule has 7 heteroatoms. The van der Waals surface area contributed by atoms with Crippen molar-refractivity contribution in [1.29, 1.82) is 0 Å². The van der Waals surface area contributed by atoms with E-state index in [4.69, 9.17) is 5.73 Å². The molecular formula is C16H25N3O3S. The van der Waals surface area contributed by atoms with Gasteiger partial charge in [-0.15, -0.1) is 0 Å². The smallest absolute Gasteiger partial charge is 0.265 e. The quantitative estimate of drug-likeness (QED) is 0.910. The average molecular weight is 339 g/mol. The molecule has 2 heterocycles. The number of hydrogen-bond acceptors (Lipinski definition) is 3. The van der Waals surface area contributed by atoms with Crippen LogP contribution in [0, 0.1) is 11.8 Å².